The first kappa shape index (κ1) is 12.0. The van der Waals surface area contributed by atoms with Gasteiger partial charge < -0.3 is 9.88 Å². The summed E-state index contributed by atoms with van der Waals surface area (Å²) in [6, 6.07) is 6.63. The zero-order valence-electron chi connectivity index (χ0n) is 11.3. The van der Waals surface area contributed by atoms with E-state index >= 15 is 0 Å². The van der Waals surface area contributed by atoms with Crippen molar-refractivity contribution in [1.82, 2.24) is 9.55 Å². The van der Waals surface area contributed by atoms with Gasteiger partial charge in [0.25, 0.3) is 0 Å². The number of imidazole rings is 1. The SMILES string of the molecule is C=CCn1cc(C)nc1Nc1ccc2c(c1)CCC2. The van der Waals surface area contributed by atoms with Crippen LogP contribution in [0.1, 0.15) is 23.2 Å². The third-order valence-electron chi connectivity index (χ3n) is 3.58. The molecule has 1 aliphatic rings. The van der Waals surface area contributed by atoms with E-state index in [2.05, 4.69) is 39.6 Å². The average Bonchev–Trinajstić information content (AvgIpc) is 2.97. The van der Waals surface area contributed by atoms with Crippen molar-refractivity contribution in [2.75, 3.05) is 5.32 Å². The molecule has 3 heteroatoms. The number of benzene rings is 1. The molecule has 0 bridgehead atoms. The first-order chi connectivity index (χ1) is 9.26. The summed E-state index contributed by atoms with van der Waals surface area (Å²) in [5.41, 5.74) is 5.11. The summed E-state index contributed by atoms with van der Waals surface area (Å²) in [7, 11) is 0. The second-order valence-electron chi connectivity index (χ2n) is 5.11. The first-order valence-electron chi connectivity index (χ1n) is 6.80. The Bertz CT molecular complexity index is 610. The summed E-state index contributed by atoms with van der Waals surface area (Å²) < 4.78 is 2.08. The van der Waals surface area contributed by atoms with Gasteiger partial charge in [-0.15, -0.1) is 6.58 Å². The molecule has 0 atom stereocenters. The smallest absolute Gasteiger partial charge is 0.207 e. The summed E-state index contributed by atoms with van der Waals surface area (Å²) in [4.78, 5) is 4.52. The molecular formula is C16H19N3. The number of allylic oxidation sites excluding steroid dienone is 1. The second kappa shape index (κ2) is 4.92. The lowest BCUT2D eigenvalue weighted by molar-refractivity contribution is 0.832. The van der Waals surface area contributed by atoms with Crippen molar-refractivity contribution in [3.63, 3.8) is 0 Å². The van der Waals surface area contributed by atoms with Gasteiger partial charge in [-0.25, -0.2) is 4.98 Å². The fourth-order valence-corrected chi connectivity index (χ4v) is 2.70. The highest BCUT2D eigenvalue weighted by atomic mass is 15.2. The molecule has 1 aromatic carbocycles. The highest BCUT2D eigenvalue weighted by Crippen LogP contribution is 2.26. The number of hydrogen-bond donors (Lipinski definition) is 1. The Kier molecular flexibility index (Phi) is 3.11. The van der Waals surface area contributed by atoms with Crippen LogP contribution in [0.5, 0.6) is 0 Å². The van der Waals surface area contributed by atoms with Gasteiger partial charge >= 0.3 is 0 Å². The van der Waals surface area contributed by atoms with E-state index in [1.54, 1.807) is 0 Å². The van der Waals surface area contributed by atoms with Crippen LogP contribution in [0.25, 0.3) is 0 Å². The van der Waals surface area contributed by atoms with E-state index in [0.717, 1.165) is 23.9 Å². The summed E-state index contributed by atoms with van der Waals surface area (Å²) >= 11 is 0. The lowest BCUT2D eigenvalue weighted by atomic mass is 10.1. The van der Waals surface area contributed by atoms with Crippen LogP contribution in [-0.2, 0) is 19.4 Å². The second-order valence-corrected chi connectivity index (χ2v) is 5.11. The minimum Gasteiger partial charge on any atom is -0.326 e. The molecule has 0 spiro atoms. The van der Waals surface area contributed by atoms with Crippen LogP contribution in [-0.4, -0.2) is 9.55 Å². The molecule has 1 aromatic heterocycles. The maximum Gasteiger partial charge on any atom is 0.207 e. The Hall–Kier alpha value is -2.03. The third kappa shape index (κ3) is 2.41. The van der Waals surface area contributed by atoms with Crippen LogP contribution in [0, 0.1) is 6.92 Å². The zero-order chi connectivity index (χ0) is 13.2. The van der Waals surface area contributed by atoms with E-state index < -0.39 is 0 Å². The van der Waals surface area contributed by atoms with E-state index in [1.807, 2.05) is 19.2 Å². The number of aromatic nitrogens is 2. The Labute approximate surface area is 114 Å². The molecule has 3 rings (SSSR count). The molecule has 98 valence electrons. The van der Waals surface area contributed by atoms with Crippen LogP contribution in [0.2, 0.25) is 0 Å². The van der Waals surface area contributed by atoms with Crippen molar-refractivity contribution in [1.29, 1.82) is 0 Å². The minimum absolute atomic E-state index is 0.772. The van der Waals surface area contributed by atoms with Gasteiger partial charge in [0.1, 0.15) is 0 Å². The number of anilines is 2. The summed E-state index contributed by atoms with van der Waals surface area (Å²) in [6.45, 7) is 6.56. The number of fused-ring (bicyclic) bond motifs is 1. The molecule has 1 aliphatic carbocycles. The van der Waals surface area contributed by atoms with Gasteiger partial charge in [0.15, 0.2) is 0 Å². The van der Waals surface area contributed by atoms with Crippen LogP contribution >= 0.6 is 0 Å². The Morgan fingerprint density at radius 1 is 1.37 bits per heavy atom. The Balaban J connectivity index is 1.86. The van der Waals surface area contributed by atoms with Crippen molar-refractivity contribution < 1.29 is 0 Å². The molecular weight excluding hydrogens is 234 g/mol. The molecule has 0 aliphatic heterocycles. The predicted molar refractivity (Wildman–Crippen MR) is 78.9 cm³/mol. The van der Waals surface area contributed by atoms with Crippen LogP contribution < -0.4 is 5.32 Å². The van der Waals surface area contributed by atoms with Crippen LogP contribution in [0.4, 0.5) is 11.6 Å². The molecule has 2 aromatic rings. The number of hydrogen-bond acceptors (Lipinski definition) is 2. The lowest BCUT2D eigenvalue weighted by Crippen LogP contribution is -2.02. The zero-order valence-corrected chi connectivity index (χ0v) is 11.3. The molecule has 0 fully saturated rings. The largest absolute Gasteiger partial charge is 0.326 e. The molecule has 0 saturated carbocycles. The predicted octanol–water partition coefficient (Wildman–Crippen LogP) is 3.61. The molecule has 0 saturated heterocycles. The number of nitrogens with one attached hydrogen (secondary N) is 1. The van der Waals surface area contributed by atoms with E-state index in [-0.39, 0.29) is 0 Å². The third-order valence-corrected chi connectivity index (χ3v) is 3.58. The Morgan fingerprint density at radius 3 is 3.05 bits per heavy atom. The van der Waals surface area contributed by atoms with E-state index in [4.69, 9.17) is 0 Å². The highest BCUT2D eigenvalue weighted by molar-refractivity contribution is 5.57. The fraction of sp³-hybridized carbons (Fsp3) is 0.312. The van der Waals surface area contributed by atoms with Gasteiger partial charge in [-0.3, -0.25) is 0 Å². The molecule has 3 nitrogen and oxygen atoms in total. The van der Waals surface area contributed by atoms with E-state index in [9.17, 15) is 0 Å². The number of nitrogens with zero attached hydrogens (tertiary/aromatic N) is 2. The topological polar surface area (TPSA) is 29.9 Å². The summed E-state index contributed by atoms with van der Waals surface area (Å²) in [5, 5.41) is 3.41. The molecule has 1 N–H and O–H groups in total. The van der Waals surface area contributed by atoms with Crippen molar-refractivity contribution in [2.45, 2.75) is 32.7 Å². The summed E-state index contributed by atoms with van der Waals surface area (Å²) in [6.07, 6.45) is 7.63. The van der Waals surface area contributed by atoms with E-state index in [1.165, 1.54) is 30.4 Å². The number of aryl methyl sites for hydroxylation is 3. The quantitative estimate of drug-likeness (QED) is 0.844. The van der Waals surface area contributed by atoms with Gasteiger partial charge in [-0.1, -0.05) is 12.1 Å². The monoisotopic (exact) mass is 253 g/mol. The standard InChI is InChI=1S/C16H19N3/c1-3-9-19-11-12(2)17-16(19)18-15-8-7-13-5-4-6-14(13)10-15/h3,7-8,10-11H,1,4-6,9H2,2H3,(H,17,18). The molecule has 0 amide bonds. The van der Waals surface area contributed by atoms with E-state index in [0.29, 0.717) is 0 Å². The van der Waals surface area contributed by atoms with Gasteiger partial charge in [0.2, 0.25) is 5.95 Å². The normalized spacial score (nSPS) is 13.3. The van der Waals surface area contributed by atoms with Crippen LogP contribution in [0.3, 0.4) is 0 Å². The van der Waals surface area contributed by atoms with Gasteiger partial charge in [0.05, 0.1) is 5.69 Å². The maximum absolute atomic E-state index is 4.52. The summed E-state index contributed by atoms with van der Waals surface area (Å²) in [5.74, 6) is 0.885. The van der Waals surface area contributed by atoms with Gasteiger partial charge in [-0.2, -0.15) is 0 Å². The Morgan fingerprint density at radius 2 is 2.21 bits per heavy atom. The first-order valence-corrected chi connectivity index (χ1v) is 6.80. The molecule has 1 heterocycles. The fourth-order valence-electron chi connectivity index (χ4n) is 2.70. The van der Waals surface area contributed by atoms with Gasteiger partial charge in [-0.05, 0) is 49.4 Å². The van der Waals surface area contributed by atoms with Crippen molar-refractivity contribution in [2.24, 2.45) is 0 Å². The van der Waals surface area contributed by atoms with Crippen molar-refractivity contribution >= 4 is 11.6 Å². The average molecular weight is 253 g/mol. The maximum atomic E-state index is 4.52. The molecule has 19 heavy (non-hydrogen) atoms. The lowest BCUT2D eigenvalue weighted by Gasteiger charge is -2.09. The van der Waals surface area contributed by atoms with Crippen LogP contribution in [0.15, 0.2) is 37.1 Å². The highest BCUT2D eigenvalue weighted by Gasteiger charge is 2.11. The van der Waals surface area contributed by atoms with Gasteiger partial charge in [0, 0.05) is 18.4 Å². The molecule has 0 radical (unpaired) electrons. The van der Waals surface area contributed by atoms with Crippen molar-refractivity contribution in [3.8, 4) is 0 Å². The number of rotatable bonds is 4. The van der Waals surface area contributed by atoms with Crippen molar-refractivity contribution in [3.05, 3.63) is 53.9 Å². The minimum atomic E-state index is 0.772. The molecule has 0 unspecified atom stereocenters.